The van der Waals surface area contributed by atoms with E-state index in [4.69, 9.17) is 4.74 Å². The summed E-state index contributed by atoms with van der Waals surface area (Å²) in [5.41, 5.74) is 2.32. The molecule has 106 valence electrons. The zero-order chi connectivity index (χ0) is 14.1. The topological polar surface area (TPSA) is 56.1 Å². The number of aryl methyl sites for hydroxylation is 1. The molecule has 2 aromatic heterocycles. The van der Waals surface area contributed by atoms with E-state index in [0.717, 1.165) is 12.1 Å². The van der Waals surface area contributed by atoms with Gasteiger partial charge < -0.3 is 9.64 Å². The smallest absolute Gasteiger partial charge is 0.225 e. The van der Waals surface area contributed by atoms with E-state index in [1.165, 1.54) is 18.1 Å². The van der Waals surface area contributed by atoms with Gasteiger partial charge in [0.15, 0.2) is 5.82 Å². The maximum absolute atomic E-state index is 12.9. The van der Waals surface area contributed by atoms with E-state index in [1.807, 2.05) is 22.8 Å². The highest BCUT2D eigenvalue weighted by Gasteiger charge is 2.29. The van der Waals surface area contributed by atoms with Crippen LogP contribution in [0.15, 0.2) is 18.6 Å². The number of nitrogens with zero attached hydrogens (tertiary/aromatic N) is 5. The van der Waals surface area contributed by atoms with Gasteiger partial charge in [0.2, 0.25) is 5.95 Å². The number of halogens is 1. The van der Waals surface area contributed by atoms with Crippen LogP contribution in [0.5, 0.6) is 0 Å². The molecule has 3 heterocycles. The summed E-state index contributed by atoms with van der Waals surface area (Å²) < 4.78 is 20.1. The quantitative estimate of drug-likeness (QED) is 0.841. The van der Waals surface area contributed by atoms with E-state index in [1.54, 1.807) is 7.11 Å². The lowest BCUT2D eigenvalue weighted by Crippen LogP contribution is -2.37. The van der Waals surface area contributed by atoms with E-state index < -0.39 is 5.82 Å². The molecule has 1 aliphatic rings. The lowest BCUT2D eigenvalue weighted by Gasteiger charge is -2.32. The minimum absolute atomic E-state index is 0.199. The molecule has 7 heteroatoms. The van der Waals surface area contributed by atoms with Crippen LogP contribution >= 0.6 is 0 Å². The third-order valence-electron chi connectivity index (χ3n) is 3.51. The lowest BCUT2D eigenvalue weighted by atomic mass is 9.97. The summed E-state index contributed by atoms with van der Waals surface area (Å²) in [6.45, 7) is 2.01. The van der Waals surface area contributed by atoms with Gasteiger partial charge in [-0.1, -0.05) is 0 Å². The van der Waals surface area contributed by atoms with Gasteiger partial charge in [-0.15, -0.1) is 0 Å². The van der Waals surface area contributed by atoms with Crippen molar-refractivity contribution in [3.05, 3.63) is 35.7 Å². The Morgan fingerprint density at radius 1 is 1.35 bits per heavy atom. The fourth-order valence-electron chi connectivity index (χ4n) is 2.72. The number of hydrogen-bond donors (Lipinski definition) is 0. The molecular formula is C13H16FN5O. The fourth-order valence-corrected chi connectivity index (χ4v) is 2.72. The highest BCUT2D eigenvalue weighted by atomic mass is 19.1. The van der Waals surface area contributed by atoms with Crippen LogP contribution < -0.4 is 4.90 Å². The highest BCUT2D eigenvalue weighted by molar-refractivity contribution is 5.38. The molecule has 0 aliphatic carbocycles. The number of aromatic nitrogens is 4. The van der Waals surface area contributed by atoms with Gasteiger partial charge in [-0.05, 0) is 0 Å². The third-order valence-corrected chi connectivity index (χ3v) is 3.51. The molecule has 1 atom stereocenters. The van der Waals surface area contributed by atoms with Crippen LogP contribution in [0, 0.1) is 5.82 Å². The van der Waals surface area contributed by atoms with Crippen LogP contribution in [0.1, 0.15) is 17.2 Å². The Bertz CT molecular complexity index is 597. The molecule has 0 N–H and O–H groups in total. The summed E-state index contributed by atoms with van der Waals surface area (Å²) in [6, 6.07) is 0. The second-order valence-corrected chi connectivity index (χ2v) is 4.91. The maximum Gasteiger partial charge on any atom is 0.225 e. The molecule has 0 spiro atoms. The van der Waals surface area contributed by atoms with Gasteiger partial charge in [0.1, 0.15) is 0 Å². The van der Waals surface area contributed by atoms with E-state index in [-0.39, 0.29) is 5.92 Å². The number of fused-ring (bicyclic) bond motifs is 1. The standard InChI is InChI=1S/C13H16FN5O/c1-18-12-9(3-17-18)6-19(7-10(12)8-20-2)13-15-4-11(14)5-16-13/h3-5,10H,6-8H2,1-2H3. The van der Waals surface area contributed by atoms with E-state index in [9.17, 15) is 4.39 Å². The Morgan fingerprint density at radius 2 is 2.10 bits per heavy atom. The second-order valence-electron chi connectivity index (χ2n) is 4.91. The first-order chi connectivity index (χ1) is 9.69. The van der Waals surface area contributed by atoms with Crippen LogP contribution in [-0.2, 0) is 18.3 Å². The van der Waals surface area contributed by atoms with Crippen LogP contribution in [0.4, 0.5) is 10.3 Å². The van der Waals surface area contributed by atoms with Gasteiger partial charge in [-0.2, -0.15) is 5.10 Å². The first-order valence-electron chi connectivity index (χ1n) is 6.41. The largest absolute Gasteiger partial charge is 0.384 e. The number of anilines is 1. The van der Waals surface area contributed by atoms with E-state index in [2.05, 4.69) is 15.1 Å². The van der Waals surface area contributed by atoms with Crippen LogP contribution in [0.2, 0.25) is 0 Å². The average Bonchev–Trinajstić information content (AvgIpc) is 2.82. The summed E-state index contributed by atoms with van der Waals surface area (Å²) >= 11 is 0. The zero-order valence-corrected chi connectivity index (χ0v) is 11.5. The van der Waals surface area contributed by atoms with Crippen LogP contribution in [0.3, 0.4) is 0 Å². The van der Waals surface area contributed by atoms with Crippen molar-refractivity contribution in [1.82, 2.24) is 19.7 Å². The van der Waals surface area contributed by atoms with Gasteiger partial charge in [0.05, 0.1) is 30.9 Å². The first-order valence-corrected chi connectivity index (χ1v) is 6.41. The second kappa shape index (κ2) is 5.16. The van der Waals surface area contributed by atoms with Gasteiger partial charge in [-0.25, -0.2) is 14.4 Å². The Morgan fingerprint density at radius 3 is 2.80 bits per heavy atom. The van der Waals surface area contributed by atoms with Crippen molar-refractivity contribution in [3.63, 3.8) is 0 Å². The molecule has 0 saturated heterocycles. The molecule has 1 aliphatic heterocycles. The predicted molar refractivity (Wildman–Crippen MR) is 70.9 cm³/mol. The summed E-state index contributed by atoms with van der Waals surface area (Å²) in [5.74, 6) is 0.299. The van der Waals surface area contributed by atoms with Crippen molar-refractivity contribution < 1.29 is 9.13 Å². The van der Waals surface area contributed by atoms with Crippen LogP contribution in [0.25, 0.3) is 0 Å². The van der Waals surface area contributed by atoms with Gasteiger partial charge >= 0.3 is 0 Å². The van der Waals surface area contributed by atoms with Crippen LogP contribution in [-0.4, -0.2) is 40.0 Å². The Labute approximate surface area is 116 Å². The molecule has 20 heavy (non-hydrogen) atoms. The summed E-state index contributed by atoms with van der Waals surface area (Å²) in [7, 11) is 3.62. The van der Waals surface area contributed by atoms with Crippen molar-refractivity contribution >= 4 is 5.95 Å². The Kier molecular flexibility index (Phi) is 3.35. The number of hydrogen-bond acceptors (Lipinski definition) is 5. The zero-order valence-electron chi connectivity index (χ0n) is 11.5. The molecule has 0 radical (unpaired) electrons. The van der Waals surface area contributed by atoms with Gasteiger partial charge in [-0.3, -0.25) is 4.68 Å². The molecule has 2 aromatic rings. The van der Waals surface area contributed by atoms with E-state index in [0.29, 0.717) is 19.1 Å². The van der Waals surface area contributed by atoms with E-state index >= 15 is 0 Å². The van der Waals surface area contributed by atoms with Crippen molar-refractivity contribution in [2.75, 3.05) is 25.2 Å². The normalized spacial score (nSPS) is 18.1. The number of rotatable bonds is 3. The highest BCUT2D eigenvalue weighted by Crippen LogP contribution is 2.29. The lowest BCUT2D eigenvalue weighted by molar-refractivity contribution is 0.175. The predicted octanol–water partition coefficient (Wildman–Crippen LogP) is 1.10. The molecule has 1 unspecified atom stereocenters. The van der Waals surface area contributed by atoms with Gasteiger partial charge in [0, 0.05) is 38.7 Å². The molecule has 0 aromatic carbocycles. The SMILES string of the molecule is COCC1CN(c2ncc(F)cn2)Cc2cnn(C)c21. The fraction of sp³-hybridized carbons (Fsp3) is 0.462. The molecule has 0 fully saturated rings. The van der Waals surface area contributed by atoms with Crippen molar-refractivity contribution in [1.29, 1.82) is 0 Å². The summed E-state index contributed by atoms with van der Waals surface area (Å²) in [4.78, 5) is 10.1. The van der Waals surface area contributed by atoms with Crippen molar-refractivity contribution in [2.45, 2.75) is 12.5 Å². The minimum atomic E-state index is -0.429. The third kappa shape index (κ3) is 2.24. The number of methoxy groups -OCH3 is 1. The van der Waals surface area contributed by atoms with Gasteiger partial charge in [0.25, 0.3) is 0 Å². The minimum Gasteiger partial charge on any atom is -0.384 e. The molecular weight excluding hydrogens is 261 g/mol. The number of ether oxygens (including phenoxy) is 1. The van der Waals surface area contributed by atoms with Crippen molar-refractivity contribution in [3.8, 4) is 0 Å². The summed E-state index contributed by atoms with van der Waals surface area (Å²) in [6.07, 6.45) is 4.23. The molecule has 6 nitrogen and oxygen atoms in total. The Balaban J connectivity index is 1.91. The molecule has 0 bridgehead atoms. The summed E-state index contributed by atoms with van der Waals surface area (Å²) in [5, 5.41) is 4.31. The first kappa shape index (κ1) is 13.0. The Hall–Kier alpha value is -2.02. The molecule has 3 rings (SSSR count). The average molecular weight is 277 g/mol. The molecule has 0 amide bonds. The monoisotopic (exact) mass is 277 g/mol. The van der Waals surface area contributed by atoms with Crippen molar-refractivity contribution in [2.24, 2.45) is 7.05 Å². The maximum atomic E-state index is 12.9. The molecule has 0 saturated carbocycles.